The Morgan fingerprint density at radius 1 is 1.53 bits per heavy atom. The molecular formula is C7H3ClF3NO3. The number of rotatable bonds is 1. The number of aromatic nitrogens is 1. The van der Waals surface area contributed by atoms with E-state index < -0.39 is 23.8 Å². The molecule has 1 aromatic heterocycles. The molecule has 1 heterocycles. The SMILES string of the molecule is O=C(O)Oc1ncc(Cl)cc1C(F)(F)F. The minimum absolute atomic E-state index is 0.264. The highest BCUT2D eigenvalue weighted by Gasteiger charge is 2.36. The first-order valence-corrected chi connectivity index (χ1v) is 3.82. The largest absolute Gasteiger partial charge is 0.512 e. The van der Waals surface area contributed by atoms with E-state index in [0.717, 1.165) is 6.20 Å². The Morgan fingerprint density at radius 2 is 2.13 bits per heavy atom. The summed E-state index contributed by atoms with van der Waals surface area (Å²) in [5.74, 6) is -1.04. The van der Waals surface area contributed by atoms with Gasteiger partial charge in [0, 0.05) is 6.20 Å². The fourth-order valence-electron chi connectivity index (χ4n) is 0.794. The Bertz CT molecular complexity index is 394. The number of carboxylic acid groups (broad SMARTS) is 1. The van der Waals surface area contributed by atoms with E-state index >= 15 is 0 Å². The summed E-state index contributed by atoms with van der Waals surface area (Å²) in [7, 11) is 0. The zero-order valence-electron chi connectivity index (χ0n) is 6.88. The van der Waals surface area contributed by atoms with Crippen LogP contribution in [-0.2, 0) is 6.18 Å². The third-order valence-electron chi connectivity index (χ3n) is 1.31. The van der Waals surface area contributed by atoms with Gasteiger partial charge in [0.05, 0.1) is 5.02 Å². The van der Waals surface area contributed by atoms with Crippen molar-refractivity contribution >= 4 is 17.8 Å². The van der Waals surface area contributed by atoms with E-state index in [1.165, 1.54) is 0 Å². The number of nitrogens with zero attached hydrogens (tertiary/aromatic N) is 1. The molecule has 4 nitrogen and oxygen atoms in total. The van der Waals surface area contributed by atoms with Crippen LogP contribution in [0.2, 0.25) is 5.02 Å². The lowest BCUT2D eigenvalue weighted by Crippen LogP contribution is -2.13. The summed E-state index contributed by atoms with van der Waals surface area (Å²) in [6.07, 6.45) is -5.80. The highest BCUT2D eigenvalue weighted by molar-refractivity contribution is 6.30. The van der Waals surface area contributed by atoms with E-state index in [9.17, 15) is 18.0 Å². The predicted molar refractivity (Wildman–Crippen MR) is 42.9 cm³/mol. The molecule has 82 valence electrons. The normalized spacial score (nSPS) is 11.2. The monoisotopic (exact) mass is 241 g/mol. The number of halogens is 4. The zero-order chi connectivity index (χ0) is 11.6. The molecule has 0 spiro atoms. The second-order valence-corrected chi connectivity index (χ2v) is 2.81. The molecule has 1 N–H and O–H groups in total. The second-order valence-electron chi connectivity index (χ2n) is 2.37. The molecule has 0 fully saturated rings. The molecule has 0 unspecified atom stereocenters. The van der Waals surface area contributed by atoms with Crippen LogP contribution in [0.25, 0.3) is 0 Å². The zero-order valence-corrected chi connectivity index (χ0v) is 7.63. The Hall–Kier alpha value is -1.50. The summed E-state index contributed by atoms with van der Waals surface area (Å²) in [5.41, 5.74) is -1.34. The van der Waals surface area contributed by atoms with E-state index in [2.05, 4.69) is 9.72 Å². The summed E-state index contributed by atoms with van der Waals surface area (Å²) in [6.45, 7) is 0. The van der Waals surface area contributed by atoms with Gasteiger partial charge in [-0.05, 0) is 6.07 Å². The molecule has 0 radical (unpaired) electrons. The maximum Gasteiger partial charge on any atom is 0.512 e. The molecule has 0 aliphatic rings. The van der Waals surface area contributed by atoms with Crippen molar-refractivity contribution in [1.82, 2.24) is 4.98 Å². The molecule has 0 amide bonds. The van der Waals surface area contributed by atoms with Crippen molar-refractivity contribution < 1.29 is 27.8 Å². The van der Waals surface area contributed by atoms with Crippen molar-refractivity contribution in [2.24, 2.45) is 0 Å². The van der Waals surface area contributed by atoms with Gasteiger partial charge in [0.1, 0.15) is 5.56 Å². The molecule has 0 bridgehead atoms. The highest BCUT2D eigenvalue weighted by Crippen LogP contribution is 2.36. The Kier molecular flexibility index (Phi) is 3.04. The molecular weight excluding hydrogens is 239 g/mol. The first-order chi connectivity index (χ1) is 6.80. The second kappa shape index (κ2) is 3.93. The number of carbonyl (C=O) groups is 1. The van der Waals surface area contributed by atoms with Gasteiger partial charge >= 0.3 is 12.3 Å². The molecule has 0 saturated heterocycles. The van der Waals surface area contributed by atoms with Gasteiger partial charge in [-0.3, -0.25) is 0 Å². The van der Waals surface area contributed by atoms with Crippen LogP contribution in [-0.4, -0.2) is 16.2 Å². The standard InChI is InChI=1S/C7H3ClF3NO3/c8-3-1-4(7(9,10)11)5(12-2-3)15-6(13)14/h1-2H,(H,13,14). The smallest absolute Gasteiger partial charge is 0.449 e. The molecule has 0 aliphatic heterocycles. The maximum atomic E-state index is 12.3. The van der Waals surface area contributed by atoms with Crippen LogP contribution in [0.15, 0.2) is 12.3 Å². The fraction of sp³-hybridized carbons (Fsp3) is 0.143. The third kappa shape index (κ3) is 2.98. The molecule has 8 heteroatoms. The first-order valence-electron chi connectivity index (χ1n) is 3.44. The lowest BCUT2D eigenvalue weighted by atomic mass is 10.2. The van der Waals surface area contributed by atoms with E-state index in [1.807, 2.05) is 0 Å². The third-order valence-corrected chi connectivity index (χ3v) is 1.51. The maximum absolute atomic E-state index is 12.3. The molecule has 0 aliphatic carbocycles. The molecule has 0 atom stereocenters. The topological polar surface area (TPSA) is 59.4 Å². The predicted octanol–water partition coefficient (Wildman–Crippen LogP) is 2.81. The molecule has 1 aromatic rings. The van der Waals surface area contributed by atoms with Gasteiger partial charge in [-0.2, -0.15) is 13.2 Å². The van der Waals surface area contributed by atoms with Gasteiger partial charge in [0.15, 0.2) is 0 Å². The van der Waals surface area contributed by atoms with Crippen molar-refractivity contribution in [3.8, 4) is 5.88 Å². The number of ether oxygens (including phenoxy) is 1. The van der Waals surface area contributed by atoms with Crippen LogP contribution in [0.3, 0.4) is 0 Å². The van der Waals surface area contributed by atoms with Gasteiger partial charge in [0.25, 0.3) is 0 Å². The van der Waals surface area contributed by atoms with Gasteiger partial charge in [-0.25, -0.2) is 9.78 Å². The van der Waals surface area contributed by atoms with Crippen molar-refractivity contribution in [2.45, 2.75) is 6.18 Å². The summed E-state index contributed by atoms with van der Waals surface area (Å²) < 4.78 is 40.8. The average Bonchev–Trinajstić information content (AvgIpc) is 2.05. The lowest BCUT2D eigenvalue weighted by molar-refractivity contribution is -0.138. The van der Waals surface area contributed by atoms with Gasteiger partial charge < -0.3 is 9.84 Å². The minimum atomic E-state index is -4.78. The van der Waals surface area contributed by atoms with Crippen molar-refractivity contribution in [3.05, 3.63) is 22.8 Å². The fourth-order valence-corrected chi connectivity index (χ4v) is 0.952. The van der Waals surface area contributed by atoms with E-state index in [4.69, 9.17) is 16.7 Å². The van der Waals surface area contributed by atoms with Crippen LogP contribution in [0.5, 0.6) is 5.88 Å². The Morgan fingerprint density at radius 3 is 2.60 bits per heavy atom. The van der Waals surface area contributed by atoms with Crippen molar-refractivity contribution in [3.63, 3.8) is 0 Å². The molecule has 15 heavy (non-hydrogen) atoms. The molecule has 1 rings (SSSR count). The number of hydrogen-bond donors (Lipinski definition) is 1. The highest BCUT2D eigenvalue weighted by atomic mass is 35.5. The molecule has 0 aromatic carbocycles. The van der Waals surface area contributed by atoms with Gasteiger partial charge in [0.2, 0.25) is 5.88 Å². The van der Waals surface area contributed by atoms with E-state index in [1.54, 1.807) is 0 Å². The number of alkyl halides is 3. The van der Waals surface area contributed by atoms with Crippen LogP contribution >= 0.6 is 11.6 Å². The molecule has 0 saturated carbocycles. The van der Waals surface area contributed by atoms with E-state index in [-0.39, 0.29) is 5.02 Å². The van der Waals surface area contributed by atoms with Crippen LogP contribution in [0.1, 0.15) is 5.56 Å². The van der Waals surface area contributed by atoms with Crippen LogP contribution in [0, 0.1) is 0 Å². The summed E-state index contributed by atoms with van der Waals surface area (Å²) in [6, 6.07) is 0.535. The van der Waals surface area contributed by atoms with Crippen molar-refractivity contribution in [1.29, 1.82) is 0 Å². The van der Waals surface area contributed by atoms with E-state index in [0.29, 0.717) is 6.07 Å². The lowest BCUT2D eigenvalue weighted by Gasteiger charge is -2.10. The Balaban J connectivity index is 3.20. The quantitative estimate of drug-likeness (QED) is 0.768. The van der Waals surface area contributed by atoms with Gasteiger partial charge in [-0.1, -0.05) is 11.6 Å². The van der Waals surface area contributed by atoms with Crippen LogP contribution in [0.4, 0.5) is 18.0 Å². The summed E-state index contributed by atoms with van der Waals surface area (Å²) >= 11 is 5.29. The first kappa shape index (κ1) is 11.6. The number of pyridine rings is 1. The van der Waals surface area contributed by atoms with Crippen LogP contribution < -0.4 is 4.74 Å². The average molecular weight is 242 g/mol. The number of hydrogen-bond acceptors (Lipinski definition) is 3. The summed E-state index contributed by atoms with van der Waals surface area (Å²) in [5, 5.41) is 7.90. The van der Waals surface area contributed by atoms with Crippen molar-refractivity contribution in [2.75, 3.05) is 0 Å². The summed E-state index contributed by atoms with van der Waals surface area (Å²) in [4.78, 5) is 13.2. The Labute approximate surface area is 86.3 Å². The minimum Gasteiger partial charge on any atom is -0.449 e. The van der Waals surface area contributed by atoms with Gasteiger partial charge in [-0.15, -0.1) is 0 Å².